The number of hydrogen-bond donors (Lipinski definition) is 1. The molecule has 4 fully saturated rings. The van der Waals surface area contributed by atoms with Crippen molar-refractivity contribution < 1.29 is 4.74 Å². The maximum Gasteiger partial charge on any atom is 0.148 e. The van der Waals surface area contributed by atoms with Crippen molar-refractivity contribution in [3.63, 3.8) is 0 Å². The van der Waals surface area contributed by atoms with Crippen molar-refractivity contribution in [3.8, 4) is 5.75 Å². The van der Waals surface area contributed by atoms with Crippen LogP contribution in [0.5, 0.6) is 5.75 Å². The van der Waals surface area contributed by atoms with Gasteiger partial charge in [-0.2, -0.15) is 0 Å². The Morgan fingerprint density at radius 1 is 1.04 bits per heavy atom. The zero-order valence-electron chi connectivity index (χ0n) is 16.4. The summed E-state index contributed by atoms with van der Waals surface area (Å²) in [6, 6.07) is 4.42. The Kier molecular flexibility index (Phi) is 4.81. The average Bonchev–Trinajstić information content (AvgIpc) is 2.45. The second-order valence-electron chi connectivity index (χ2n) is 10.3. The van der Waals surface area contributed by atoms with Crippen LogP contribution >= 0.6 is 31.9 Å². The number of ether oxygens (including phenoxy) is 1. The monoisotopic (exact) mass is 483 g/mol. The summed E-state index contributed by atoms with van der Waals surface area (Å²) in [5.74, 6) is 1.83. The van der Waals surface area contributed by atoms with E-state index in [1.165, 1.54) is 44.1 Å². The normalized spacial score (nSPS) is 38.2. The van der Waals surface area contributed by atoms with E-state index in [2.05, 4.69) is 77.0 Å². The molecule has 0 radical (unpaired) electrons. The molecule has 4 heteroatoms. The quantitative estimate of drug-likeness (QED) is 0.494. The highest BCUT2D eigenvalue weighted by molar-refractivity contribution is 9.11. The Balaban J connectivity index is 1.51. The zero-order chi connectivity index (χ0) is 18.7. The van der Waals surface area contributed by atoms with Gasteiger partial charge in [0, 0.05) is 12.1 Å². The van der Waals surface area contributed by atoms with Gasteiger partial charge in [-0.1, -0.05) is 13.8 Å². The van der Waals surface area contributed by atoms with E-state index in [0.717, 1.165) is 27.2 Å². The number of nitrogens with one attached hydrogen (secondary N) is 1. The van der Waals surface area contributed by atoms with E-state index >= 15 is 0 Å². The summed E-state index contributed by atoms with van der Waals surface area (Å²) in [4.78, 5) is 0. The highest BCUT2D eigenvalue weighted by Gasteiger charge is 2.59. The van der Waals surface area contributed by atoms with Crippen molar-refractivity contribution in [2.24, 2.45) is 16.7 Å². The summed E-state index contributed by atoms with van der Waals surface area (Å²) in [5.41, 5.74) is 2.76. The van der Waals surface area contributed by atoms with Crippen molar-refractivity contribution in [1.82, 2.24) is 5.32 Å². The largest absolute Gasteiger partial charge is 0.489 e. The van der Waals surface area contributed by atoms with Crippen molar-refractivity contribution in [2.45, 2.75) is 84.4 Å². The second kappa shape index (κ2) is 6.49. The first-order valence-corrected chi connectivity index (χ1v) is 11.6. The van der Waals surface area contributed by atoms with Crippen molar-refractivity contribution in [1.29, 1.82) is 0 Å². The molecule has 4 saturated carbocycles. The van der Waals surface area contributed by atoms with Crippen LogP contribution in [0.3, 0.4) is 0 Å². The molecule has 26 heavy (non-hydrogen) atoms. The first kappa shape index (κ1) is 19.3. The minimum atomic E-state index is 0.167. The maximum absolute atomic E-state index is 5.92. The highest BCUT2D eigenvalue weighted by atomic mass is 79.9. The molecule has 0 spiro atoms. The smallest absolute Gasteiger partial charge is 0.148 e. The third-order valence-corrected chi connectivity index (χ3v) is 7.88. The lowest BCUT2D eigenvalue weighted by Gasteiger charge is -2.65. The van der Waals surface area contributed by atoms with E-state index in [-0.39, 0.29) is 6.10 Å². The molecule has 144 valence electrons. The highest BCUT2D eigenvalue weighted by Crippen LogP contribution is 2.66. The Hall–Kier alpha value is -0.0600. The van der Waals surface area contributed by atoms with Gasteiger partial charge in [-0.05, 0) is 119 Å². The molecule has 4 bridgehead atoms. The minimum absolute atomic E-state index is 0.167. The van der Waals surface area contributed by atoms with Crippen LogP contribution in [-0.4, -0.2) is 11.6 Å². The standard InChI is InChI=1S/C22H31Br2NO/c1-14(2)26-19-17(23)5-15(6-18(19)24)10-25-22-9-16-7-20(3,12-22)11-21(4,8-16)13-22/h5-6,14,16,25H,7-13H2,1-4H3/t16?,20-,21+,22?. The molecular weight excluding hydrogens is 454 g/mol. The SMILES string of the molecule is CC(C)Oc1c(Br)cc(CNC23CC4C[C@@](C)(C2)C[C@](C)(C4)C3)cc1Br. The third kappa shape index (κ3) is 3.63. The lowest BCUT2D eigenvalue weighted by atomic mass is 9.43. The third-order valence-electron chi connectivity index (χ3n) is 6.71. The van der Waals surface area contributed by atoms with E-state index in [1.807, 2.05) is 0 Å². The first-order valence-electron chi connectivity index (χ1n) is 9.99. The zero-order valence-corrected chi connectivity index (χ0v) is 19.6. The summed E-state index contributed by atoms with van der Waals surface area (Å²) in [7, 11) is 0. The molecule has 4 aliphatic carbocycles. The molecule has 4 aliphatic rings. The van der Waals surface area contributed by atoms with Crippen LogP contribution in [0.4, 0.5) is 0 Å². The molecule has 1 aromatic carbocycles. The van der Waals surface area contributed by atoms with Gasteiger partial charge < -0.3 is 10.1 Å². The van der Waals surface area contributed by atoms with Crippen LogP contribution in [0, 0.1) is 16.7 Å². The number of rotatable bonds is 5. The molecule has 1 N–H and O–H groups in total. The fourth-order valence-electron chi connectivity index (χ4n) is 7.00. The van der Waals surface area contributed by atoms with Gasteiger partial charge in [0.25, 0.3) is 0 Å². The Labute approximate surface area is 175 Å². The fraction of sp³-hybridized carbons (Fsp3) is 0.727. The molecule has 1 aromatic rings. The van der Waals surface area contributed by atoms with E-state index in [1.54, 1.807) is 0 Å². The number of benzene rings is 1. The fourth-order valence-corrected chi connectivity index (χ4v) is 8.47. The molecule has 0 heterocycles. The Bertz CT molecular complexity index is 675. The maximum atomic E-state index is 5.92. The van der Waals surface area contributed by atoms with Crippen molar-refractivity contribution in [3.05, 3.63) is 26.6 Å². The summed E-state index contributed by atoms with van der Waals surface area (Å²) in [6.07, 6.45) is 8.56. The van der Waals surface area contributed by atoms with Crippen molar-refractivity contribution in [2.75, 3.05) is 0 Å². The van der Waals surface area contributed by atoms with Gasteiger partial charge in [0.1, 0.15) is 5.75 Å². The number of halogens is 2. The molecule has 4 atom stereocenters. The van der Waals surface area contributed by atoms with Crippen LogP contribution < -0.4 is 10.1 Å². The molecular formula is C22H31Br2NO. The molecule has 0 aromatic heterocycles. The van der Waals surface area contributed by atoms with E-state index in [0.29, 0.717) is 16.4 Å². The van der Waals surface area contributed by atoms with Gasteiger partial charge in [-0.25, -0.2) is 0 Å². The van der Waals surface area contributed by atoms with Gasteiger partial charge in [0.2, 0.25) is 0 Å². The van der Waals surface area contributed by atoms with Crippen molar-refractivity contribution >= 4 is 31.9 Å². The second-order valence-corrected chi connectivity index (χ2v) is 12.0. The summed E-state index contributed by atoms with van der Waals surface area (Å²) < 4.78 is 7.98. The molecule has 0 aliphatic heterocycles. The van der Waals surface area contributed by atoms with Gasteiger partial charge in [-0.3, -0.25) is 0 Å². The predicted molar refractivity (Wildman–Crippen MR) is 115 cm³/mol. The first-order chi connectivity index (χ1) is 12.1. The van der Waals surface area contributed by atoms with Crippen LogP contribution in [0.15, 0.2) is 21.1 Å². The van der Waals surface area contributed by atoms with Gasteiger partial charge >= 0.3 is 0 Å². The lowest BCUT2D eigenvalue weighted by molar-refractivity contribution is -0.118. The summed E-state index contributed by atoms with van der Waals surface area (Å²) >= 11 is 7.39. The van der Waals surface area contributed by atoms with Gasteiger partial charge in [0.05, 0.1) is 15.0 Å². The van der Waals surface area contributed by atoms with Crippen LogP contribution in [0.1, 0.15) is 71.8 Å². The Morgan fingerprint density at radius 2 is 1.62 bits per heavy atom. The molecule has 2 unspecified atom stereocenters. The number of hydrogen-bond acceptors (Lipinski definition) is 2. The Morgan fingerprint density at radius 3 is 2.12 bits per heavy atom. The molecule has 5 rings (SSSR count). The van der Waals surface area contributed by atoms with Gasteiger partial charge in [-0.15, -0.1) is 0 Å². The summed E-state index contributed by atoms with van der Waals surface area (Å²) in [5, 5.41) is 4.03. The van der Waals surface area contributed by atoms with E-state index in [9.17, 15) is 0 Å². The average molecular weight is 485 g/mol. The molecule has 0 amide bonds. The molecule has 0 saturated heterocycles. The van der Waals surface area contributed by atoms with Crippen LogP contribution in [-0.2, 0) is 6.54 Å². The summed E-state index contributed by atoms with van der Waals surface area (Å²) in [6.45, 7) is 10.1. The van der Waals surface area contributed by atoms with Gasteiger partial charge in [0.15, 0.2) is 0 Å². The topological polar surface area (TPSA) is 21.3 Å². The van der Waals surface area contributed by atoms with Crippen LogP contribution in [0.25, 0.3) is 0 Å². The van der Waals surface area contributed by atoms with Crippen LogP contribution in [0.2, 0.25) is 0 Å². The van der Waals surface area contributed by atoms with E-state index < -0.39 is 0 Å². The minimum Gasteiger partial charge on any atom is -0.489 e. The van der Waals surface area contributed by atoms with E-state index in [4.69, 9.17) is 4.74 Å². The molecule has 2 nitrogen and oxygen atoms in total. The lowest BCUT2D eigenvalue weighted by Crippen LogP contribution is -2.63. The predicted octanol–water partition coefficient (Wildman–Crippen LogP) is 6.84.